The van der Waals surface area contributed by atoms with Crippen LogP contribution in [0.3, 0.4) is 0 Å². The van der Waals surface area contributed by atoms with Crippen LogP contribution in [0.4, 0.5) is 4.39 Å². The number of nitrogens with one attached hydrogen (secondary N) is 1. The largest absolute Gasteiger partial charge is 0.340 e. The summed E-state index contributed by atoms with van der Waals surface area (Å²) in [4.78, 5) is 26.9. The minimum atomic E-state index is -0.697. The molecule has 5 heteroatoms. The van der Waals surface area contributed by atoms with Crippen LogP contribution in [0, 0.1) is 5.92 Å². The lowest BCUT2D eigenvalue weighted by atomic mass is 9.86. The Balaban J connectivity index is 2.25. The number of rotatable bonds is 5. The van der Waals surface area contributed by atoms with Gasteiger partial charge in [-0.25, -0.2) is 0 Å². The molecule has 2 fully saturated rings. The maximum absolute atomic E-state index is 12.8. The van der Waals surface area contributed by atoms with Crippen molar-refractivity contribution in [2.45, 2.75) is 64.0 Å². The van der Waals surface area contributed by atoms with E-state index in [1.54, 1.807) is 4.90 Å². The van der Waals surface area contributed by atoms with Gasteiger partial charge in [0, 0.05) is 6.54 Å². The Bertz CT molecular complexity index is 380. The topological polar surface area (TPSA) is 49.4 Å². The Kier molecular flexibility index (Phi) is 4.66. The molecule has 114 valence electrons. The number of alkyl halides is 1. The lowest BCUT2D eigenvalue weighted by Gasteiger charge is -2.46. The van der Waals surface area contributed by atoms with Crippen LogP contribution in [0.15, 0.2) is 0 Å². The molecule has 2 amide bonds. The number of carbonyl (C=O) groups is 2. The molecule has 0 aromatic heterocycles. The minimum Gasteiger partial charge on any atom is -0.340 e. The second-order valence-electron chi connectivity index (χ2n) is 6.15. The predicted octanol–water partition coefficient (Wildman–Crippen LogP) is 2.03. The Labute approximate surface area is 120 Å². The second-order valence-corrected chi connectivity index (χ2v) is 6.15. The first-order chi connectivity index (χ1) is 9.55. The first kappa shape index (κ1) is 15.3. The molecule has 1 aliphatic heterocycles. The van der Waals surface area contributed by atoms with Gasteiger partial charge in [0.2, 0.25) is 11.8 Å². The van der Waals surface area contributed by atoms with Crippen molar-refractivity contribution in [3.05, 3.63) is 0 Å². The zero-order valence-corrected chi connectivity index (χ0v) is 12.5. The maximum atomic E-state index is 12.8. The number of amides is 2. The number of piperazine rings is 1. The van der Waals surface area contributed by atoms with Crippen molar-refractivity contribution in [1.82, 2.24) is 10.2 Å². The first-order valence-electron chi connectivity index (χ1n) is 7.75. The van der Waals surface area contributed by atoms with Crippen LogP contribution < -0.4 is 5.32 Å². The fraction of sp³-hybridized carbons (Fsp3) is 0.867. The number of hydrogen-bond donors (Lipinski definition) is 1. The van der Waals surface area contributed by atoms with Crippen molar-refractivity contribution >= 4 is 11.8 Å². The third-order valence-corrected chi connectivity index (χ3v) is 4.81. The van der Waals surface area contributed by atoms with Gasteiger partial charge in [0.1, 0.15) is 11.6 Å². The Morgan fingerprint density at radius 2 is 2.05 bits per heavy atom. The molecule has 0 aromatic carbocycles. The van der Waals surface area contributed by atoms with Crippen molar-refractivity contribution in [3.63, 3.8) is 0 Å². The molecule has 4 nitrogen and oxygen atoms in total. The van der Waals surface area contributed by atoms with Gasteiger partial charge >= 0.3 is 0 Å². The molecule has 2 rings (SSSR count). The van der Waals surface area contributed by atoms with Gasteiger partial charge in [-0.3, -0.25) is 14.0 Å². The van der Waals surface area contributed by atoms with Gasteiger partial charge in [-0.05, 0) is 25.2 Å². The molecular formula is C15H25FN2O2. The van der Waals surface area contributed by atoms with Crippen LogP contribution in [0.2, 0.25) is 0 Å². The SMILES string of the molecule is CCC(C)C1C(=O)NC2(CCCC2)C(=O)N1CCCF. The molecule has 1 aliphatic carbocycles. The number of hydrogen-bond acceptors (Lipinski definition) is 2. The standard InChI is InChI=1S/C15H25FN2O2/c1-3-11(2)12-13(19)17-15(7-4-5-8-15)14(20)18(12)10-6-9-16/h11-12H,3-10H2,1-2H3,(H,17,19). The lowest BCUT2D eigenvalue weighted by Crippen LogP contribution is -2.70. The summed E-state index contributed by atoms with van der Waals surface area (Å²) in [5, 5.41) is 2.99. The minimum absolute atomic E-state index is 0.00773. The van der Waals surface area contributed by atoms with E-state index >= 15 is 0 Å². The Morgan fingerprint density at radius 3 is 2.60 bits per heavy atom. The van der Waals surface area contributed by atoms with Gasteiger partial charge in [-0.1, -0.05) is 33.1 Å². The average molecular weight is 284 g/mol. The van der Waals surface area contributed by atoms with Crippen LogP contribution >= 0.6 is 0 Å². The highest BCUT2D eigenvalue weighted by Crippen LogP contribution is 2.36. The van der Waals surface area contributed by atoms with E-state index in [1.807, 2.05) is 13.8 Å². The summed E-state index contributed by atoms with van der Waals surface area (Å²) < 4.78 is 12.5. The molecule has 0 radical (unpaired) electrons. The number of nitrogens with zero attached hydrogens (tertiary/aromatic N) is 1. The van der Waals surface area contributed by atoms with Gasteiger partial charge in [-0.2, -0.15) is 0 Å². The Hall–Kier alpha value is -1.13. The number of halogens is 1. The predicted molar refractivity (Wildman–Crippen MR) is 74.9 cm³/mol. The smallest absolute Gasteiger partial charge is 0.249 e. The zero-order chi connectivity index (χ0) is 14.8. The van der Waals surface area contributed by atoms with Crippen molar-refractivity contribution in [3.8, 4) is 0 Å². The summed E-state index contributed by atoms with van der Waals surface area (Å²) in [5.41, 5.74) is -0.697. The molecule has 20 heavy (non-hydrogen) atoms. The lowest BCUT2D eigenvalue weighted by molar-refractivity contribution is -0.157. The molecule has 1 spiro atoms. The Morgan fingerprint density at radius 1 is 1.40 bits per heavy atom. The molecule has 2 atom stereocenters. The first-order valence-corrected chi connectivity index (χ1v) is 7.75. The van der Waals surface area contributed by atoms with E-state index in [4.69, 9.17) is 0 Å². The van der Waals surface area contributed by atoms with E-state index in [2.05, 4.69) is 5.32 Å². The van der Waals surface area contributed by atoms with Crippen molar-refractivity contribution < 1.29 is 14.0 Å². The van der Waals surface area contributed by atoms with Crippen molar-refractivity contribution in [2.75, 3.05) is 13.2 Å². The van der Waals surface area contributed by atoms with E-state index in [-0.39, 0.29) is 17.7 Å². The third kappa shape index (κ3) is 2.54. The quantitative estimate of drug-likeness (QED) is 0.840. The summed E-state index contributed by atoms with van der Waals surface area (Å²) in [6, 6.07) is -0.440. The highest BCUT2D eigenvalue weighted by molar-refractivity contribution is 6.00. The molecule has 1 N–H and O–H groups in total. The molecule has 1 saturated heterocycles. The molecule has 1 heterocycles. The van der Waals surface area contributed by atoms with Crippen LogP contribution in [-0.4, -0.2) is 41.5 Å². The fourth-order valence-electron chi connectivity index (χ4n) is 3.48. The molecule has 0 bridgehead atoms. The van der Waals surface area contributed by atoms with E-state index in [1.165, 1.54) is 0 Å². The van der Waals surface area contributed by atoms with E-state index in [0.717, 1.165) is 32.1 Å². The van der Waals surface area contributed by atoms with Crippen LogP contribution in [0.1, 0.15) is 52.4 Å². The van der Waals surface area contributed by atoms with E-state index < -0.39 is 18.3 Å². The van der Waals surface area contributed by atoms with E-state index in [9.17, 15) is 14.0 Å². The summed E-state index contributed by atoms with van der Waals surface area (Å²) in [5.74, 6) is 0.0466. The van der Waals surface area contributed by atoms with Gasteiger partial charge in [0.25, 0.3) is 0 Å². The molecule has 1 saturated carbocycles. The second kappa shape index (κ2) is 6.10. The van der Waals surface area contributed by atoms with Gasteiger partial charge in [-0.15, -0.1) is 0 Å². The molecular weight excluding hydrogens is 259 g/mol. The van der Waals surface area contributed by atoms with Crippen molar-refractivity contribution in [1.29, 1.82) is 0 Å². The van der Waals surface area contributed by atoms with Gasteiger partial charge in [0.05, 0.1) is 6.67 Å². The van der Waals surface area contributed by atoms with E-state index in [0.29, 0.717) is 13.0 Å². The highest BCUT2D eigenvalue weighted by Gasteiger charge is 2.52. The molecule has 2 aliphatic rings. The van der Waals surface area contributed by atoms with Gasteiger partial charge < -0.3 is 10.2 Å². The third-order valence-electron chi connectivity index (χ3n) is 4.81. The molecule has 2 unspecified atom stereocenters. The number of carbonyl (C=O) groups excluding carboxylic acids is 2. The van der Waals surface area contributed by atoms with Crippen molar-refractivity contribution in [2.24, 2.45) is 5.92 Å². The van der Waals surface area contributed by atoms with Crippen LogP contribution in [-0.2, 0) is 9.59 Å². The highest BCUT2D eigenvalue weighted by atomic mass is 19.1. The van der Waals surface area contributed by atoms with Gasteiger partial charge in [0.15, 0.2) is 0 Å². The fourth-order valence-corrected chi connectivity index (χ4v) is 3.48. The monoisotopic (exact) mass is 284 g/mol. The van der Waals surface area contributed by atoms with Crippen LogP contribution in [0.25, 0.3) is 0 Å². The summed E-state index contributed by atoms with van der Waals surface area (Å²) in [7, 11) is 0. The summed E-state index contributed by atoms with van der Waals surface area (Å²) >= 11 is 0. The van der Waals surface area contributed by atoms with Crippen LogP contribution in [0.5, 0.6) is 0 Å². The average Bonchev–Trinajstić information content (AvgIpc) is 2.90. The normalized spacial score (nSPS) is 26.9. The maximum Gasteiger partial charge on any atom is 0.249 e. The summed E-state index contributed by atoms with van der Waals surface area (Å²) in [6.07, 6.45) is 4.51. The molecule has 0 aromatic rings. The summed E-state index contributed by atoms with van der Waals surface area (Å²) in [6.45, 7) is 3.88. The zero-order valence-electron chi connectivity index (χ0n) is 12.5.